The molecule has 0 heterocycles. The molecule has 0 aliphatic heterocycles. The van der Waals surface area contributed by atoms with Crippen molar-refractivity contribution in [3.8, 4) is 0 Å². The molecular formula is C10H16N2. The fourth-order valence-corrected chi connectivity index (χ4v) is 1.37. The molecule has 66 valence electrons. The fourth-order valence-electron chi connectivity index (χ4n) is 1.37. The van der Waals surface area contributed by atoms with E-state index in [0.717, 1.165) is 0 Å². The lowest BCUT2D eigenvalue weighted by Crippen LogP contribution is -2.13. The van der Waals surface area contributed by atoms with E-state index in [0.29, 0.717) is 6.54 Å². The van der Waals surface area contributed by atoms with Gasteiger partial charge in [0.25, 0.3) is 0 Å². The minimum Gasteiger partial charge on any atom is -0.377 e. The van der Waals surface area contributed by atoms with Crippen molar-refractivity contribution in [3.63, 3.8) is 0 Å². The summed E-state index contributed by atoms with van der Waals surface area (Å²) in [5, 5.41) is 0. The molecule has 12 heavy (non-hydrogen) atoms. The van der Waals surface area contributed by atoms with Crippen molar-refractivity contribution in [2.24, 2.45) is 5.73 Å². The second-order valence-corrected chi connectivity index (χ2v) is 3.17. The van der Waals surface area contributed by atoms with Crippen LogP contribution in [0.5, 0.6) is 0 Å². The highest BCUT2D eigenvalue weighted by Crippen LogP contribution is 2.20. The van der Waals surface area contributed by atoms with Crippen LogP contribution >= 0.6 is 0 Å². The average Bonchev–Trinajstić information content (AvgIpc) is 2.03. The van der Waals surface area contributed by atoms with Crippen molar-refractivity contribution in [2.75, 3.05) is 19.0 Å². The molecular weight excluding hydrogens is 148 g/mol. The normalized spacial score (nSPS) is 10.0. The van der Waals surface area contributed by atoms with Gasteiger partial charge in [-0.05, 0) is 24.1 Å². The maximum atomic E-state index is 5.66. The first-order chi connectivity index (χ1) is 5.66. The molecule has 0 unspecified atom stereocenters. The van der Waals surface area contributed by atoms with Crippen LogP contribution in [0.15, 0.2) is 18.2 Å². The standard InChI is InChI=1S/C10H16N2/c1-8-5-4-6-10(12(2)3)9(8)7-11/h4-6H,7,11H2,1-3H3. The maximum Gasteiger partial charge on any atom is 0.0409 e. The van der Waals surface area contributed by atoms with Crippen molar-refractivity contribution >= 4 is 5.69 Å². The van der Waals surface area contributed by atoms with Gasteiger partial charge in [-0.2, -0.15) is 0 Å². The monoisotopic (exact) mass is 164 g/mol. The molecule has 0 fully saturated rings. The number of rotatable bonds is 2. The van der Waals surface area contributed by atoms with Gasteiger partial charge in [0.05, 0.1) is 0 Å². The van der Waals surface area contributed by atoms with Gasteiger partial charge in [0.1, 0.15) is 0 Å². The molecule has 0 saturated heterocycles. The lowest BCUT2D eigenvalue weighted by atomic mass is 10.1. The van der Waals surface area contributed by atoms with Crippen LogP contribution in [-0.2, 0) is 6.54 Å². The van der Waals surface area contributed by atoms with Crippen LogP contribution in [-0.4, -0.2) is 14.1 Å². The quantitative estimate of drug-likeness (QED) is 0.718. The number of hydrogen-bond acceptors (Lipinski definition) is 2. The van der Waals surface area contributed by atoms with E-state index in [9.17, 15) is 0 Å². The third-order valence-electron chi connectivity index (χ3n) is 2.07. The lowest BCUT2D eigenvalue weighted by Gasteiger charge is -2.18. The van der Waals surface area contributed by atoms with Gasteiger partial charge >= 0.3 is 0 Å². The molecule has 0 aliphatic rings. The van der Waals surface area contributed by atoms with Gasteiger partial charge < -0.3 is 10.6 Å². The van der Waals surface area contributed by atoms with Crippen LogP contribution in [0.25, 0.3) is 0 Å². The smallest absolute Gasteiger partial charge is 0.0409 e. The molecule has 0 atom stereocenters. The van der Waals surface area contributed by atoms with E-state index in [1.54, 1.807) is 0 Å². The molecule has 1 rings (SSSR count). The molecule has 0 saturated carbocycles. The van der Waals surface area contributed by atoms with E-state index in [-0.39, 0.29) is 0 Å². The number of aryl methyl sites for hydroxylation is 1. The summed E-state index contributed by atoms with van der Waals surface area (Å²) in [5.74, 6) is 0. The summed E-state index contributed by atoms with van der Waals surface area (Å²) in [4.78, 5) is 2.09. The van der Waals surface area contributed by atoms with Crippen molar-refractivity contribution in [2.45, 2.75) is 13.5 Å². The first kappa shape index (κ1) is 9.07. The van der Waals surface area contributed by atoms with Crippen LogP contribution in [0.4, 0.5) is 5.69 Å². The Balaban J connectivity index is 3.18. The van der Waals surface area contributed by atoms with Crippen molar-refractivity contribution < 1.29 is 0 Å². The topological polar surface area (TPSA) is 29.3 Å². The molecule has 2 nitrogen and oxygen atoms in total. The average molecular weight is 164 g/mol. The van der Waals surface area contributed by atoms with Crippen molar-refractivity contribution in [1.29, 1.82) is 0 Å². The molecule has 0 aromatic heterocycles. The molecule has 0 aliphatic carbocycles. The third-order valence-corrected chi connectivity index (χ3v) is 2.07. The molecule has 0 spiro atoms. The Kier molecular flexibility index (Phi) is 2.71. The molecule has 1 aromatic carbocycles. The third kappa shape index (κ3) is 1.59. The first-order valence-corrected chi connectivity index (χ1v) is 4.12. The van der Waals surface area contributed by atoms with Crippen molar-refractivity contribution in [1.82, 2.24) is 0 Å². The number of hydrogen-bond donors (Lipinski definition) is 1. The van der Waals surface area contributed by atoms with Crippen molar-refractivity contribution in [3.05, 3.63) is 29.3 Å². The Morgan fingerprint density at radius 2 is 2.00 bits per heavy atom. The van der Waals surface area contributed by atoms with Gasteiger partial charge in [0, 0.05) is 26.3 Å². The molecule has 0 bridgehead atoms. The summed E-state index contributed by atoms with van der Waals surface area (Å²) in [6.45, 7) is 2.70. The van der Waals surface area contributed by atoms with Gasteiger partial charge in [-0.25, -0.2) is 0 Å². The number of anilines is 1. The summed E-state index contributed by atoms with van der Waals surface area (Å²) in [5.41, 5.74) is 9.39. The highest BCUT2D eigenvalue weighted by molar-refractivity contribution is 5.55. The zero-order valence-electron chi connectivity index (χ0n) is 7.96. The van der Waals surface area contributed by atoms with Crippen LogP contribution in [0.3, 0.4) is 0 Å². The minimum atomic E-state index is 0.611. The van der Waals surface area contributed by atoms with E-state index >= 15 is 0 Å². The Morgan fingerprint density at radius 1 is 1.33 bits per heavy atom. The number of benzene rings is 1. The largest absolute Gasteiger partial charge is 0.377 e. The van der Waals surface area contributed by atoms with Gasteiger partial charge in [-0.1, -0.05) is 12.1 Å². The summed E-state index contributed by atoms with van der Waals surface area (Å²) < 4.78 is 0. The van der Waals surface area contributed by atoms with Crippen LogP contribution < -0.4 is 10.6 Å². The Bertz CT molecular complexity index is 267. The number of nitrogens with two attached hydrogens (primary N) is 1. The van der Waals surface area contributed by atoms with Crippen LogP contribution in [0.1, 0.15) is 11.1 Å². The first-order valence-electron chi connectivity index (χ1n) is 4.12. The van der Waals surface area contributed by atoms with E-state index in [4.69, 9.17) is 5.73 Å². The Morgan fingerprint density at radius 3 is 2.42 bits per heavy atom. The van der Waals surface area contributed by atoms with Gasteiger partial charge in [-0.15, -0.1) is 0 Å². The molecule has 0 amide bonds. The van der Waals surface area contributed by atoms with E-state index in [1.807, 2.05) is 14.1 Å². The Hall–Kier alpha value is -1.02. The maximum absolute atomic E-state index is 5.66. The molecule has 2 N–H and O–H groups in total. The molecule has 2 heteroatoms. The van der Waals surface area contributed by atoms with E-state index in [2.05, 4.69) is 30.0 Å². The highest BCUT2D eigenvalue weighted by Gasteiger charge is 2.03. The summed E-state index contributed by atoms with van der Waals surface area (Å²) in [6.07, 6.45) is 0. The van der Waals surface area contributed by atoms with Gasteiger partial charge in [0.15, 0.2) is 0 Å². The summed E-state index contributed by atoms with van der Waals surface area (Å²) in [6, 6.07) is 6.24. The highest BCUT2D eigenvalue weighted by atomic mass is 15.1. The molecule has 0 radical (unpaired) electrons. The Labute approximate surface area is 74.0 Å². The van der Waals surface area contributed by atoms with E-state index in [1.165, 1.54) is 16.8 Å². The summed E-state index contributed by atoms with van der Waals surface area (Å²) in [7, 11) is 4.07. The van der Waals surface area contributed by atoms with E-state index < -0.39 is 0 Å². The van der Waals surface area contributed by atoms with Crippen LogP contribution in [0.2, 0.25) is 0 Å². The second-order valence-electron chi connectivity index (χ2n) is 3.17. The molecule has 1 aromatic rings. The predicted octanol–water partition coefficient (Wildman–Crippen LogP) is 1.52. The fraction of sp³-hybridized carbons (Fsp3) is 0.400. The number of nitrogens with zero attached hydrogens (tertiary/aromatic N) is 1. The summed E-state index contributed by atoms with van der Waals surface area (Å²) >= 11 is 0. The minimum absolute atomic E-state index is 0.611. The predicted molar refractivity (Wildman–Crippen MR) is 53.4 cm³/mol. The SMILES string of the molecule is Cc1cccc(N(C)C)c1CN. The lowest BCUT2D eigenvalue weighted by molar-refractivity contribution is 1.01. The van der Waals surface area contributed by atoms with Crippen LogP contribution in [0, 0.1) is 6.92 Å². The van der Waals surface area contributed by atoms with Gasteiger partial charge in [-0.3, -0.25) is 0 Å². The zero-order chi connectivity index (χ0) is 9.14. The zero-order valence-corrected chi connectivity index (χ0v) is 7.96. The second kappa shape index (κ2) is 3.59. The van der Waals surface area contributed by atoms with Gasteiger partial charge in [0.2, 0.25) is 0 Å².